The number of anilines is 1. The highest BCUT2D eigenvalue weighted by Crippen LogP contribution is 2.26. The summed E-state index contributed by atoms with van der Waals surface area (Å²) in [6, 6.07) is 6.63. The standard InChI is InChI=1S/C14H23ClN2/c1-5-8-17(11(2)3)14-9-13(15)7-6-12(14)10-16-4/h6-7,9,11,16H,5,8,10H2,1-4H3. The van der Waals surface area contributed by atoms with Crippen molar-refractivity contribution in [3.8, 4) is 0 Å². The zero-order valence-electron chi connectivity index (χ0n) is 11.3. The molecule has 96 valence electrons. The van der Waals surface area contributed by atoms with Gasteiger partial charge in [-0.25, -0.2) is 0 Å². The van der Waals surface area contributed by atoms with Crippen LogP contribution >= 0.6 is 11.6 Å². The highest BCUT2D eigenvalue weighted by molar-refractivity contribution is 6.30. The highest BCUT2D eigenvalue weighted by atomic mass is 35.5. The fraction of sp³-hybridized carbons (Fsp3) is 0.571. The van der Waals surface area contributed by atoms with E-state index < -0.39 is 0 Å². The molecular formula is C14H23ClN2. The molecule has 0 heterocycles. The first-order valence-electron chi connectivity index (χ1n) is 6.29. The Morgan fingerprint density at radius 2 is 2.06 bits per heavy atom. The fourth-order valence-corrected chi connectivity index (χ4v) is 2.21. The van der Waals surface area contributed by atoms with Gasteiger partial charge in [0.1, 0.15) is 0 Å². The predicted octanol–water partition coefficient (Wildman–Crippen LogP) is 3.68. The van der Waals surface area contributed by atoms with Crippen molar-refractivity contribution in [1.29, 1.82) is 0 Å². The van der Waals surface area contributed by atoms with E-state index in [1.54, 1.807) is 0 Å². The van der Waals surface area contributed by atoms with E-state index in [-0.39, 0.29) is 0 Å². The Hall–Kier alpha value is -0.730. The van der Waals surface area contributed by atoms with Crippen LogP contribution in [-0.4, -0.2) is 19.6 Å². The van der Waals surface area contributed by atoms with Gasteiger partial charge < -0.3 is 10.2 Å². The largest absolute Gasteiger partial charge is 0.369 e. The SMILES string of the molecule is CCCN(c1cc(Cl)ccc1CNC)C(C)C. The topological polar surface area (TPSA) is 15.3 Å². The Morgan fingerprint density at radius 1 is 1.35 bits per heavy atom. The number of nitrogens with zero attached hydrogens (tertiary/aromatic N) is 1. The monoisotopic (exact) mass is 254 g/mol. The molecule has 0 fully saturated rings. The first-order chi connectivity index (χ1) is 8.10. The fourth-order valence-electron chi connectivity index (χ4n) is 2.04. The molecule has 0 saturated heterocycles. The van der Waals surface area contributed by atoms with Gasteiger partial charge in [0, 0.05) is 29.8 Å². The van der Waals surface area contributed by atoms with Gasteiger partial charge in [0.05, 0.1) is 0 Å². The van der Waals surface area contributed by atoms with Crippen LogP contribution in [0.5, 0.6) is 0 Å². The number of halogens is 1. The quantitative estimate of drug-likeness (QED) is 0.833. The summed E-state index contributed by atoms with van der Waals surface area (Å²) < 4.78 is 0. The van der Waals surface area contributed by atoms with Crippen LogP contribution in [0.3, 0.4) is 0 Å². The van der Waals surface area contributed by atoms with E-state index in [1.807, 2.05) is 13.1 Å². The van der Waals surface area contributed by atoms with Gasteiger partial charge >= 0.3 is 0 Å². The third kappa shape index (κ3) is 3.90. The van der Waals surface area contributed by atoms with E-state index in [2.05, 4.69) is 43.1 Å². The van der Waals surface area contributed by atoms with E-state index in [1.165, 1.54) is 11.3 Å². The van der Waals surface area contributed by atoms with E-state index in [4.69, 9.17) is 11.6 Å². The first-order valence-corrected chi connectivity index (χ1v) is 6.67. The van der Waals surface area contributed by atoms with Crippen LogP contribution in [0.4, 0.5) is 5.69 Å². The van der Waals surface area contributed by atoms with Crippen molar-refractivity contribution in [2.45, 2.75) is 39.8 Å². The summed E-state index contributed by atoms with van der Waals surface area (Å²) in [6.45, 7) is 8.59. The molecule has 3 heteroatoms. The Balaban J connectivity index is 3.09. The molecule has 0 unspecified atom stereocenters. The van der Waals surface area contributed by atoms with Crippen molar-refractivity contribution >= 4 is 17.3 Å². The Labute approximate surface area is 110 Å². The second kappa shape index (κ2) is 6.87. The molecule has 17 heavy (non-hydrogen) atoms. The predicted molar refractivity (Wildman–Crippen MR) is 77.0 cm³/mol. The lowest BCUT2D eigenvalue weighted by Gasteiger charge is -2.31. The number of benzene rings is 1. The maximum absolute atomic E-state index is 6.12. The van der Waals surface area contributed by atoms with Gasteiger partial charge in [-0.1, -0.05) is 24.6 Å². The lowest BCUT2D eigenvalue weighted by atomic mass is 10.1. The Morgan fingerprint density at radius 3 is 2.59 bits per heavy atom. The normalized spacial score (nSPS) is 10.9. The zero-order valence-corrected chi connectivity index (χ0v) is 12.0. The summed E-state index contributed by atoms with van der Waals surface area (Å²) in [4.78, 5) is 2.42. The van der Waals surface area contributed by atoms with Crippen molar-refractivity contribution < 1.29 is 0 Å². The molecule has 0 radical (unpaired) electrons. The van der Waals surface area contributed by atoms with Gasteiger partial charge in [0.2, 0.25) is 0 Å². The molecule has 0 aromatic heterocycles. The minimum Gasteiger partial charge on any atom is -0.369 e. The van der Waals surface area contributed by atoms with E-state index in [9.17, 15) is 0 Å². The van der Waals surface area contributed by atoms with Crippen LogP contribution in [0.25, 0.3) is 0 Å². The van der Waals surface area contributed by atoms with Crippen molar-refractivity contribution in [2.24, 2.45) is 0 Å². The Bertz CT molecular complexity index is 350. The molecule has 0 amide bonds. The maximum atomic E-state index is 6.12. The smallest absolute Gasteiger partial charge is 0.0429 e. The molecule has 0 aliphatic heterocycles. The second-order valence-corrected chi connectivity index (χ2v) is 5.03. The van der Waals surface area contributed by atoms with Crippen LogP contribution in [0.15, 0.2) is 18.2 Å². The molecular weight excluding hydrogens is 232 g/mol. The number of hydrogen-bond acceptors (Lipinski definition) is 2. The van der Waals surface area contributed by atoms with Crippen LogP contribution < -0.4 is 10.2 Å². The average Bonchev–Trinajstić information content (AvgIpc) is 2.28. The van der Waals surface area contributed by atoms with Gasteiger partial charge in [-0.05, 0) is 45.0 Å². The van der Waals surface area contributed by atoms with Crippen LogP contribution in [0.2, 0.25) is 5.02 Å². The molecule has 1 aromatic carbocycles. The van der Waals surface area contributed by atoms with Gasteiger partial charge in [-0.15, -0.1) is 0 Å². The summed E-state index contributed by atoms with van der Waals surface area (Å²) in [7, 11) is 1.97. The molecule has 0 spiro atoms. The van der Waals surface area contributed by atoms with Crippen molar-refractivity contribution in [1.82, 2.24) is 5.32 Å². The van der Waals surface area contributed by atoms with Gasteiger partial charge in [-0.3, -0.25) is 0 Å². The lowest BCUT2D eigenvalue weighted by Crippen LogP contribution is -2.32. The van der Waals surface area contributed by atoms with E-state index >= 15 is 0 Å². The van der Waals surface area contributed by atoms with Crippen molar-refractivity contribution in [3.05, 3.63) is 28.8 Å². The summed E-state index contributed by atoms with van der Waals surface area (Å²) >= 11 is 6.12. The van der Waals surface area contributed by atoms with Gasteiger partial charge in [-0.2, -0.15) is 0 Å². The van der Waals surface area contributed by atoms with Gasteiger partial charge in [0.15, 0.2) is 0 Å². The van der Waals surface area contributed by atoms with E-state index in [0.717, 1.165) is 24.5 Å². The molecule has 2 nitrogen and oxygen atoms in total. The molecule has 0 saturated carbocycles. The summed E-state index contributed by atoms with van der Waals surface area (Å²) in [5.74, 6) is 0. The third-order valence-corrected chi connectivity index (χ3v) is 3.05. The highest BCUT2D eigenvalue weighted by Gasteiger charge is 2.13. The molecule has 1 rings (SSSR count). The number of nitrogens with one attached hydrogen (secondary N) is 1. The minimum atomic E-state index is 0.490. The molecule has 0 aliphatic rings. The Kier molecular flexibility index (Phi) is 5.79. The van der Waals surface area contributed by atoms with E-state index in [0.29, 0.717) is 6.04 Å². The molecule has 0 aliphatic carbocycles. The van der Waals surface area contributed by atoms with Crippen molar-refractivity contribution in [2.75, 3.05) is 18.5 Å². The minimum absolute atomic E-state index is 0.490. The summed E-state index contributed by atoms with van der Waals surface area (Å²) in [6.07, 6.45) is 1.14. The molecule has 1 N–H and O–H groups in total. The van der Waals surface area contributed by atoms with Crippen LogP contribution in [0, 0.1) is 0 Å². The second-order valence-electron chi connectivity index (χ2n) is 4.59. The van der Waals surface area contributed by atoms with Gasteiger partial charge in [0.25, 0.3) is 0 Å². The van der Waals surface area contributed by atoms with Crippen LogP contribution in [0.1, 0.15) is 32.8 Å². The first kappa shape index (κ1) is 14.3. The molecule has 0 bridgehead atoms. The van der Waals surface area contributed by atoms with Crippen LogP contribution in [-0.2, 0) is 6.54 Å². The zero-order chi connectivity index (χ0) is 12.8. The average molecular weight is 255 g/mol. The number of hydrogen-bond donors (Lipinski definition) is 1. The maximum Gasteiger partial charge on any atom is 0.0429 e. The summed E-state index contributed by atoms with van der Waals surface area (Å²) in [5, 5.41) is 4.02. The number of rotatable bonds is 6. The molecule has 1 aromatic rings. The van der Waals surface area contributed by atoms with Crippen molar-refractivity contribution in [3.63, 3.8) is 0 Å². The summed E-state index contributed by atoms with van der Waals surface area (Å²) in [5.41, 5.74) is 2.56. The molecule has 0 atom stereocenters. The third-order valence-electron chi connectivity index (χ3n) is 2.81. The lowest BCUT2D eigenvalue weighted by molar-refractivity contribution is 0.664.